The van der Waals surface area contributed by atoms with Crippen LogP contribution in [-0.4, -0.2) is 50.3 Å². The number of carbonyl (C=O) groups excluding carboxylic acids is 1. The van der Waals surface area contributed by atoms with Crippen molar-refractivity contribution in [2.45, 2.75) is 32.5 Å². The molecule has 0 aromatic rings. The van der Waals surface area contributed by atoms with Crippen LogP contribution in [0.3, 0.4) is 0 Å². The molecular formula is C15H19N2O2PSe. The summed E-state index contributed by atoms with van der Waals surface area (Å²) < 4.78 is 10.4. The molecule has 0 saturated carbocycles. The van der Waals surface area contributed by atoms with Gasteiger partial charge in [-0.1, -0.05) is 0 Å². The quantitative estimate of drug-likeness (QED) is 0.325. The topological polar surface area (TPSA) is 41.9 Å². The van der Waals surface area contributed by atoms with E-state index in [1.54, 1.807) is 0 Å². The SMILES string of the molecule is CCOC(=O)[C@@]12CC(C)=C(C)C[P+]1([Se-])N=C1C=CC=CN12. The maximum absolute atomic E-state index is 12.9. The summed E-state index contributed by atoms with van der Waals surface area (Å²) in [6, 6.07) is 0. The summed E-state index contributed by atoms with van der Waals surface area (Å²) in [6.45, 7) is 6.51. The van der Waals surface area contributed by atoms with Crippen molar-refractivity contribution in [2.75, 3.05) is 12.8 Å². The van der Waals surface area contributed by atoms with E-state index in [1.807, 2.05) is 36.3 Å². The van der Waals surface area contributed by atoms with E-state index >= 15 is 0 Å². The van der Waals surface area contributed by atoms with Gasteiger partial charge in [-0.2, -0.15) is 0 Å². The monoisotopic (exact) mass is 370 g/mol. The average molecular weight is 369 g/mol. The predicted molar refractivity (Wildman–Crippen MR) is 87.5 cm³/mol. The molecule has 21 heavy (non-hydrogen) atoms. The second-order valence-corrected chi connectivity index (χ2v) is 12.1. The molecule has 0 saturated heterocycles. The number of ether oxygens (including phenoxy) is 1. The number of amidine groups is 1. The molecule has 6 heteroatoms. The van der Waals surface area contributed by atoms with E-state index in [0.29, 0.717) is 13.0 Å². The van der Waals surface area contributed by atoms with Crippen molar-refractivity contribution in [3.05, 3.63) is 35.6 Å². The Bertz CT molecular complexity index is 625. The summed E-state index contributed by atoms with van der Waals surface area (Å²) in [5, 5.41) is -0.691. The molecule has 0 bridgehead atoms. The molecule has 0 aromatic carbocycles. The third-order valence-corrected chi connectivity index (χ3v) is 10.7. The van der Waals surface area contributed by atoms with Crippen LogP contribution in [0.2, 0.25) is 0 Å². The molecule has 0 aliphatic carbocycles. The van der Waals surface area contributed by atoms with Crippen molar-refractivity contribution >= 4 is 33.5 Å². The summed E-state index contributed by atoms with van der Waals surface area (Å²) in [7, 11) is 0. The molecule has 0 radical (unpaired) electrons. The first-order valence-electron chi connectivity index (χ1n) is 7.10. The zero-order chi connectivity index (χ0) is 15.3. The van der Waals surface area contributed by atoms with Crippen LogP contribution in [0.15, 0.2) is 40.3 Å². The van der Waals surface area contributed by atoms with Gasteiger partial charge in [0.25, 0.3) is 0 Å². The first-order valence-corrected chi connectivity index (χ1v) is 11.2. The minimum absolute atomic E-state index is 0.150. The van der Waals surface area contributed by atoms with Gasteiger partial charge >= 0.3 is 133 Å². The minimum atomic E-state index is -1.99. The summed E-state index contributed by atoms with van der Waals surface area (Å²) in [5.41, 5.74) is 2.62. The van der Waals surface area contributed by atoms with Crippen LogP contribution in [0.4, 0.5) is 0 Å². The summed E-state index contributed by atoms with van der Waals surface area (Å²) in [5.74, 6) is 0.725. The Balaban J connectivity index is 2.16. The van der Waals surface area contributed by atoms with Gasteiger partial charge in [0.1, 0.15) is 0 Å². The van der Waals surface area contributed by atoms with Crippen molar-refractivity contribution in [3.63, 3.8) is 0 Å². The van der Waals surface area contributed by atoms with Crippen molar-refractivity contribution in [3.8, 4) is 0 Å². The van der Waals surface area contributed by atoms with E-state index in [1.165, 1.54) is 11.1 Å². The first-order chi connectivity index (χ1) is 9.94. The molecule has 3 rings (SSSR count). The molecule has 0 N–H and O–H groups in total. The van der Waals surface area contributed by atoms with Gasteiger partial charge in [0.05, 0.1) is 0 Å². The number of rotatable bonds is 2. The van der Waals surface area contributed by atoms with E-state index in [4.69, 9.17) is 9.50 Å². The Kier molecular flexibility index (Phi) is 3.64. The Morgan fingerprint density at radius 1 is 1.48 bits per heavy atom. The Hall–Kier alpha value is -0.891. The third-order valence-electron chi connectivity index (χ3n) is 4.37. The Labute approximate surface area is 133 Å². The van der Waals surface area contributed by atoms with Crippen LogP contribution in [0, 0.1) is 0 Å². The third kappa shape index (κ3) is 1.98. The van der Waals surface area contributed by atoms with Crippen LogP contribution < -0.4 is 0 Å². The van der Waals surface area contributed by atoms with Crippen molar-refractivity contribution < 1.29 is 9.53 Å². The number of carbonyl (C=O) groups is 1. The summed E-state index contributed by atoms with van der Waals surface area (Å²) in [6.07, 6.45) is 7.40. The summed E-state index contributed by atoms with van der Waals surface area (Å²) >= 11 is 3.32. The van der Waals surface area contributed by atoms with E-state index in [2.05, 4.69) is 29.4 Å². The number of allylic oxidation sites excluding steroid dienone is 3. The molecule has 3 aliphatic heterocycles. The number of esters is 1. The van der Waals surface area contributed by atoms with Crippen LogP contribution in [0.25, 0.3) is 0 Å². The number of nitrogens with zero attached hydrogens (tertiary/aromatic N) is 2. The molecular weight excluding hydrogens is 350 g/mol. The van der Waals surface area contributed by atoms with Gasteiger partial charge in [0.2, 0.25) is 0 Å². The standard InChI is InChI=1S/C15H19N2O2PSe/c1-4-19-14(18)15-9-11(2)12(3)10-20(15,21)16-13-7-5-6-8-17(13)15/h5-8H,4,9-10H2,1-3H3/t15-,20?/m1/s1. The predicted octanol–water partition coefficient (Wildman–Crippen LogP) is 2.80. The van der Waals surface area contributed by atoms with Crippen molar-refractivity contribution in [1.29, 1.82) is 0 Å². The number of fused-ring (bicyclic) bond motifs is 3. The molecule has 2 atom stereocenters. The molecule has 0 amide bonds. The molecule has 3 aliphatic rings. The molecule has 1 unspecified atom stereocenters. The fraction of sp³-hybridized carbons (Fsp3) is 0.467. The van der Waals surface area contributed by atoms with Crippen LogP contribution in [0.1, 0.15) is 27.2 Å². The Morgan fingerprint density at radius 2 is 2.24 bits per heavy atom. The van der Waals surface area contributed by atoms with Crippen LogP contribution in [-0.2, 0) is 9.53 Å². The van der Waals surface area contributed by atoms with Crippen molar-refractivity contribution in [2.24, 2.45) is 4.76 Å². The van der Waals surface area contributed by atoms with Gasteiger partial charge < -0.3 is 0 Å². The maximum atomic E-state index is 12.9. The second kappa shape index (κ2) is 5.08. The number of hydrogen-bond acceptors (Lipinski definition) is 4. The fourth-order valence-corrected chi connectivity index (χ4v) is 9.58. The normalized spacial score (nSPS) is 33.7. The van der Waals surface area contributed by atoms with Crippen LogP contribution >= 0.6 is 6.10 Å². The molecule has 0 aromatic heterocycles. The Morgan fingerprint density at radius 3 is 2.95 bits per heavy atom. The zero-order valence-corrected chi connectivity index (χ0v) is 15.1. The van der Waals surface area contributed by atoms with Gasteiger partial charge in [-0.25, -0.2) is 0 Å². The number of hydrogen-bond donors (Lipinski definition) is 0. The van der Waals surface area contributed by atoms with Gasteiger partial charge in [0, 0.05) is 0 Å². The summed E-state index contributed by atoms with van der Waals surface area (Å²) in [4.78, 5) is 14.9. The van der Waals surface area contributed by atoms with Gasteiger partial charge in [0.15, 0.2) is 0 Å². The van der Waals surface area contributed by atoms with Crippen molar-refractivity contribution in [1.82, 2.24) is 4.90 Å². The second-order valence-electron chi connectivity index (χ2n) is 5.66. The van der Waals surface area contributed by atoms with Gasteiger partial charge in [-0.05, 0) is 0 Å². The molecule has 112 valence electrons. The average Bonchev–Trinajstić information content (AvgIpc) is 2.69. The molecule has 4 nitrogen and oxygen atoms in total. The van der Waals surface area contributed by atoms with Crippen LogP contribution in [0.5, 0.6) is 0 Å². The fourth-order valence-electron chi connectivity index (χ4n) is 3.16. The molecule has 3 heterocycles. The van der Waals surface area contributed by atoms with Gasteiger partial charge in [-0.3, -0.25) is 0 Å². The molecule has 0 spiro atoms. The molecule has 0 fully saturated rings. The van der Waals surface area contributed by atoms with Gasteiger partial charge in [-0.15, -0.1) is 0 Å². The van der Waals surface area contributed by atoms with E-state index in [9.17, 15) is 4.79 Å². The first kappa shape index (κ1) is 15.0. The van der Waals surface area contributed by atoms with E-state index in [-0.39, 0.29) is 5.97 Å². The van der Waals surface area contributed by atoms with E-state index in [0.717, 1.165) is 12.0 Å². The van der Waals surface area contributed by atoms with E-state index < -0.39 is 11.4 Å². The zero-order valence-electron chi connectivity index (χ0n) is 12.5.